The normalized spacial score (nSPS) is 21.5. The Balaban J connectivity index is 1.87. The second-order valence-electron chi connectivity index (χ2n) is 3.44. The molecule has 1 aromatic heterocycles. The zero-order valence-electron chi connectivity index (χ0n) is 7.26. The summed E-state index contributed by atoms with van der Waals surface area (Å²) in [6, 6.07) is 1.76. The molecule has 2 heterocycles. The van der Waals surface area contributed by atoms with Crippen molar-refractivity contribution in [2.75, 3.05) is 13.1 Å². The summed E-state index contributed by atoms with van der Waals surface area (Å²) in [6.07, 6.45) is 0. The maximum Gasteiger partial charge on any atom is 0.272 e. The molecule has 0 bridgehead atoms. The zero-order chi connectivity index (χ0) is 9.47. The third-order valence-electron chi connectivity index (χ3n) is 1.97. The monoisotopic (exact) mass is 188 g/mol. The molecule has 0 amide bonds. The summed E-state index contributed by atoms with van der Waals surface area (Å²) in [6.45, 7) is 1.88. The number of hydrogen-bond acceptors (Lipinski definition) is 3. The molecular formula is C8H10F2N2O. The van der Waals surface area contributed by atoms with Gasteiger partial charge in [0.15, 0.2) is 5.76 Å². The fraction of sp³-hybridized carbons (Fsp3) is 0.625. The number of rotatable bonds is 2. The first kappa shape index (κ1) is 8.62. The van der Waals surface area contributed by atoms with Crippen LogP contribution in [0.3, 0.4) is 0 Å². The van der Waals surface area contributed by atoms with E-state index in [4.69, 9.17) is 4.52 Å². The molecule has 72 valence electrons. The summed E-state index contributed by atoms with van der Waals surface area (Å²) in [4.78, 5) is 1.62. The van der Waals surface area contributed by atoms with Gasteiger partial charge in [0.05, 0.1) is 25.3 Å². The van der Waals surface area contributed by atoms with E-state index in [1.54, 1.807) is 17.9 Å². The molecule has 13 heavy (non-hydrogen) atoms. The summed E-state index contributed by atoms with van der Waals surface area (Å²) < 4.78 is 29.7. The first-order chi connectivity index (χ1) is 6.05. The Kier molecular flexibility index (Phi) is 1.83. The van der Waals surface area contributed by atoms with E-state index in [1.165, 1.54) is 0 Å². The van der Waals surface area contributed by atoms with Gasteiger partial charge in [0.1, 0.15) is 0 Å². The number of aryl methyl sites for hydroxylation is 1. The van der Waals surface area contributed by atoms with Crippen molar-refractivity contribution in [3.63, 3.8) is 0 Å². The van der Waals surface area contributed by atoms with E-state index < -0.39 is 5.92 Å². The lowest BCUT2D eigenvalue weighted by molar-refractivity contribution is -0.135. The van der Waals surface area contributed by atoms with Gasteiger partial charge in [-0.1, -0.05) is 5.16 Å². The predicted molar refractivity (Wildman–Crippen MR) is 41.5 cm³/mol. The SMILES string of the molecule is Cc1cc(CN2CC(F)(F)C2)on1. The van der Waals surface area contributed by atoms with E-state index in [0.717, 1.165) is 5.69 Å². The molecule has 1 aliphatic heterocycles. The van der Waals surface area contributed by atoms with Crippen LogP contribution in [0.1, 0.15) is 11.5 Å². The number of halogens is 2. The maximum atomic E-state index is 12.4. The molecule has 0 unspecified atom stereocenters. The smallest absolute Gasteiger partial charge is 0.272 e. The van der Waals surface area contributed by atoms with Crippen molar-refractivity contribution in [3.05, 3.63) is 17.5 Å². The highest BCUT2D eigenvalue weighted by atomic mass is 19.3. The van der Waals surface area contributed by atoms with Crippen molar-refractivity contribution < 1.29 is 13.3 Å². The molecule has 1 aliphatic rings. The third-order valence-corrected chi connectivity index (χ3v) is 1.97. The molecule has 0 aliphatic carbocycles. The van der Waals surface area contributed by atoms with Crippen LogP contribution in [0.15, 0.2) is 10.6 Å². The summed E-state index contributed by atoms with van der Waals surface area (Å²) in [7, 11) is 0. The number of aromatic nitrogens is 1. The lowest BCUT2D eigenvalue weighted by Gasteiger charge is -2.37. The fourth-order valence-corrected chi connectivity index (χ4v) is 1.43. The minimum absolute atomic E-state index is 0.174. The van der Waals surface area contributed by atoms with Crippen LogP contribution in [0.4, 0.5) is 8.78 Å². The summed E-state index contributed by atoms with van der Waals surface area (Å²) >= 11 is 0. The standard InChI is InChI=1S/C8H10F2N2O/c1-6-2-7(13-11-6)3-12-4-8(9,10)5-12/h2H,3-5H2,1H3. The van der Waals surface area contributed by atoms with Gasteiger partial charge in [-0.3, -0.25) is 4.90 Å². The van der Waals surface area contributed by atoms with Gasteiger partial charge in [-0.05, 0) is 6.92 Å². The Morgan fingerprint density at radius 1 is 1.62 bits per heavy atom. The minimum atomic E-state index is -2.50. The van der Waals surface area contributed by atoms with Gasteiger partial charge < -0.3 is 4.52 Å². The molecule has 0 spiro atoms. The van der Waals surface area contributed by atoms with Crippen molar-refractivity contribution in [1.29, 1.82) is 0 Å². The fourth-order valence-electron chi connectivity index (χ4n) is 1.43. The van der Waals surface area contributed by atoms with Crippen molar-refractivity contribution in [2.45, 2.75) is 19.4 Å². The van der Waals surface area contributed by atoms with E-state index in [1.807, 2.05) is 0 Å². The molecule has 2 rings (SSSR count). The number of nitrogens with zero attached hydrogens (tertiary/aromatic N) is 2. The predicted octanol–water partition coefficient (Wildman–Crippen LogP) is 1.43. The molecular weight excluding hydrogens is 178 g/mol. The van der Waals surface area contributed by atoms with Crippen LogP contribution in [-0.4, -0.2) is 29.1 Å². The second-order valence-corrected chi connectivity index (χ2v) is 3.44. The van der Waals surface area contributed by atoms with Crippen LogP contribution in [0, 0.1) is 6.92 Å². The average Bonchev–Trinajstić information content (AvgIpc) is 2.31. The number of hydrogen-bond donors (Lipinski definition) is 0. The highest BCUT2D eigenvalue weighted by Crippen LogP contribution is 2.27. The van der Waals surface area contributed by atoms with E-state index in [9.17, 15) is 8.78 Å². The Hall–Kier alpha value is -0.970. The molecule has 1 fully saturated rings. The number of likely N-dealkylation sites (tertiary alicyclic amines) is 1. The van der Waals surface area contributed by atoms with Crippen LogP contribution < -0.4 is 0 Å². The molecule has 1 aromatic rings. The highest BCUT2D eigenvalue weighted by Gasteiger charge is 2.43. The van der Waals surface area contributed by atoms with Crippen LogP contribution >= 0.6 is 0 Å². The molecule has 1 saturated heterocycles. The van der Waals surface area contributed by atoms with E-state index in [-0.39, 0.29) is 13.1 Å². The van der Waals surface area contributed by atoms with Crippen LogP contribution in [0.25, 0.3) is 0 Å². The van der Waals surface area contributed by atoms with Gasteiger partial charge in [-0.25, -0.2) is 8.78 Å². The van der Waals surface area contributed by atoms with Gasteiger partial charge in [0.25, 0.3) is 5.92 Å². The Morgan fingerprint density at radius 2 is 2.31 bits per heavy atom. The maximum absolute atomic E-state index is 12.4. The van der Waals surface area contributed by atoms with Crippen LogP contribution in [0.2, 0.25) is 0 Å². The van der Waals surface area contributed by atoms with Crippen LogP contribution in [0.5, 0.6) is 0 Å². The quantitative estimate of drug-likeness (QED) is 0.703. The van der Waals surface area contributed by atoms with Crippen LogP contribution in [-0.2, 0) is 6.54 Å². The summed E-state index contributed by atoms with van der Waals surface area (Å²) in [5.74, 6) is -1.86. The van der Waals surface area contributed by atoms with E-state index in [0.29, 0.717) is 12.3 Å². The molecule has 0 radical (unpaired) electrons. The van der Waals surface area contributed by atoms with Gasteiger partial charge in [0, 0.05) is 6.07 Å². The third kappa shape index (κ3) is 1.85. The second kappa shape index (κ2) is 2.77. The largest absolute Gasteiger partial charge is 0.360 e. The van der Waals surface area contributed by atoms with Crippen molar-refractivity contribution in [1.82, 2.24) is 10.1 Å². The van der Waals surface area contributed by atoms with Crippen molar-refractivity contribution >= 4 is 0 Å². The number of alkyl halides is 2. The summed E-state index contributed by atoms with van der Waals surface area (Å²) in [5, 5.41) is 3.68. The molecule has 0 N–H and O–H groups in total. The van der Waals surface area contributed by atoms with Crippen molar-refractivity contribution in [2.24, 2.45) is 0 Å². The molecule has 3 nitrogen and oxygen atoms in total. The minimum Gasteiger partial charge on any atom is -0.360 e. The van der Waals surface area contributed by atoms with E-state index in [2.05, 4.69) is 5.16 Å². The Bertz CT molecular complexity index is 303. The lowest BCUT2D eigenvalue weighted by atomic mass is 10.1. The van der Waals surface area contributed by atoms with Gasteiger partial charge >= 0.3 is 0 Å². The first-order valence-corrected chi connectivity index (χ1v) is 4.07. The zero-order valence-corrected chi connectivity index (χ0v) is 7.26. The Morgan fingerprint density at radius 3 is 2.77 bits per heavy atom. The summed E-state index contributed by atoms with van der Waals surface area (Å²) in [5.41, 5.74) is 0.780. The highest BCUT2D eigenvalue weighted by molar-refractivity contribution is 5.04. The van der Waals surface area contributed by atoms with Gasteiger partial charge in [0.2, 0.25) is 0 Å². The van der Waals surface area contributed by atoms with Crippen molar-refractivity contribution in [3.8, 4) is 0 Å². The molecule has 5 heteroatoms. The van der Waals surface area contributed by atoms with E-state index >= 15 is 0 Å². The molecule has 0 atom stereocenters. The average molecular weight is 188 g/mol. The van der Waals surface area contributed by atoms with Gasteiger partial charge in [-0.15, -0.1) is 0 Å². The molecule has 0 aromatic carbocycles. The Labute approximate surface area is 74.3 Å². The first-order valence-electron chi connectivity index (χ1n) is 4.07. The molecule has 0 saturated carbocycles. The van der Waals surface area contributed by atoms with Gasteiger partial charge in [-0.2, -0.15) is 0 Å². The topological polar surface area (TPSA) is 29.3 Å². The lowest BCUT2D eigenvalue weighted by Crippen LogP contribution is -2.55.